The molecule has 0 aliphatic carbocycles. The van der Waals surface area contributed by atoms with E-state index in [1.807, 2.05) is 30.3 Å². The van der Waals surface area contributed by atoms with Crippen LogP contribution in [0.15, 0.2) is 30.3 Å². The monoisotopic (exact) mass is 294 g/mol. The number of amides is 2. The average molecular weight is 294 g/mol. The predicted octanol–water partition coefficient (Wildman–Crippen LogP) is 1.27. The highest BCUT2D eigenvalue weighted by atomic mass is 16.6. The fraction of sp³-hybridized carbons (Fsp3) is 0.467. The minimum atomic E-state index is -1.71. The standard InChI is InChI=1S/C15H22N2O4/c1-15(2,3)21-14(20)17(13(19)12(16)18)10-9-11-7-5-4-6-8-11/h4-8,13,19H,9-10H2,1-3H3,(H2,16,18)/t13-/m0/s1. The van der Waals surface area contributed by atoms with Gasteiger partial charge in [-0.2, -0.15) is 0 Å². The van der Waals surface area contributed by atoms with Gasteiger partial charge in [0.2, 0.25) is 6.23 Å². The van der Waals surface area contributed by atoms with E-state index in [9.17, 15) is 14.7 Å². The molecule has 1 rings (SSSR count). The van der Waals surface area contributed by atoms with Crippen molar-refractivity contribution in [2.24, 2.45) is 5.73 Å². The summed E-state index contributed by atoms with van der Waals surface area (Å²) in [6.07, 6.45) is -2.00. The molecule has 6 nitrogen and oxygen atoms in total. The number of hydrogen-bond donors (Lipinski definition) is 2. The van der Waals surface area contributed by atoms with Crippen LogP contribution in [0, 0.1) is 0 Å². The molecule has 0 unspecified atom stereocenters. The SMILES string of the molecule is CC(C)(C)OC(=O)N(CCc1ccccc1)[C@@H](O)C(N)=O. The highest BCUT2D eigenvalue weighted by molar-refractivity contribution is 5.82. The molecule has 0 radical (unpaired) electrons. The van der Waals surface area contributed by atoms with Gasteiger partial charge < -0.3 is 15.6 Å². The van der Waals surface area contributed by atoms with E-state index in [4.69, 9.17) is 10.5 Å². The van der Waals surface area contributed by atoms with Crippen molar-refractivity contribution in [3.8, 4) is 0 Å². The highest BCUT2D eigenvalue weighted by Gasteiger charge is 2.29. The Bertz CT molecular complexity index is 482. The molecule has 6 heteroatoms. The molecule has 0 aliphatic rings. The molecular formula is C15H22N2O4. The normalized spacial score (nSPS) is 12.6. The molecule has 1 aromatic carbocycles. The van der Waals surface area contributed by atoms with Gasteiger partial charge in [-0.1, -0.05) is 30.3 Å². The number of benzene rings is 1. The van der Waals surface area contributed by atoms with Crippen molar-refractivity contribution in [1.29, 1.82) is 0 Å². The zero-order chi connectivity index (χ0) is 16.0. The average Bonchev–Trinajstić information content (AvgIpc) is 2.37. The number of nitrogens with two attached hydrogens (primary N) is 1. The minimum absolute atomic E-state index is 0.128. The van der Waals surface area contributed by atoms with Crippen LogP contribution < -0.4 is 5.73 Å². The van der Waals surface area contributed by atoms with Crippen LogP contribution in [0.25, 0.3) is 0 Å². The maximum absolute atomic E-state index is 12.1. The van der Waals surface area contributed by atoms with Crippen molar-refractivity contribution in [2.75, 3.05) is 6.54 Å². The molecule has 0 aliphatic heterocycles. The lowest BCUT2D eigenvalue weighted by Crippen LogP contribution is -2.50. The van der Waals surface area contributed by atoms with Gasteiger partial charge in [-0.25, -0.2) is 4.79 Å². The van der Waals surface area contributed by atoms with Crippen molar-refractivity contribution >= 4 is 12.0 Å². The minimum Gasteiger partial charge on any atom is -0.444 e. The summed E-state index contributed by atoms with van der Waals surface area (Å²) in [7, 11) is 0. The second kappa shape index (κ2) is 7.08. The summed E-state index contributed by atoms with van der Waals surface area (Å²) in [6, 6.07) is 9.41. The Morgan fingerprint density at radius 1 is 1.29 bits per heavy atom. The van der Waals surface area contributed by atoms with Gasteiger partial charge in [-0.05, 0) is 32.8 Å². The molecule has 0 saturated carbocycles. The van der Waals surface area contributed by atoms with E-state index >= 15 is 0 Å². The quantitative estimate of drug-likeness (QED) is 0.800. The summed E-state index contributed by atoms with van der Waals surface area (Å²) in [6.45, 7) is 5.24. The Kier molecular flexibility index (Phi) is 5.72. The van der Waals surface area contributed by atoms with E-state index in [1.54, 1.807) is 20.8 Å². The van der Waals surface area contributed by atoms with Gasteiger partial charge in [0.25, 0.3) is 5.91 Å². The molecule has 0 bridgehead atoms. The molecule has 1 atom stereocenters. The maximum Gasteiger partial charge on any atom is 0.412 e. The van der Waals surface area contributed by atoms with Crippen LogP contribution in [0.2, 0.25) is 0 Å². The zero-order valence-electron chi connectivity index (χ0n) is 12.6. The lowest BCUT2D eigenvalue weighted by atomic mass is 10.1. The number of aliphatic hydroxyl groups is 1. The summed E-state index contributed by atoms with van der Waals surface area (Å²) in [4.78, 5) is 24.1. The van der Waals surface area contributed by atoms with E-state index in [1.165, 1.54) is 0 Å². The first-order valence-corrected chi connectivity index (χ1v) is 6.71. The summed E-state index contributed by atoms with van der Waals surface area (Å²) in [5.41, 5.74) is 5.32. The summed E-state index contributed by atoms with van der Waals surface area (Å²) in [5, 5.41) is 9.78. The van der Waals surface area contributed by atoms with E-state index in [0.29, 0.717) is 6.42 Å². The Hall–Kier alpha value is -2.08. The van der Waals surface area contributed by atoms with E-state index < -0.39 is 23.8 Å². The fourth-order valence-electron chi connectivity index (χ4n) is 1.68. The molecule has 0 heterocycles. The van der Waals surface area contributed by atoms with Crippen LogP contribution in [-0.2, 0) is 16.0 Å². The first kappa shape index (κ1) is 17.0. The second-order valence-electron chi connectivity index (χ2n) is 5.69. The highest BCUT2D eigenvalue weighted by Crippen LogP contribution is 2.12. The van der Waals surface area contributed by atoms with Crippen LogP contribution in [-0.4, -0.2) is 40.4 Å². The second-order valence-corrected chi connectivity index (χ2v) is 5.69. The Labute approximate surface area is 124 Å². The molecule has 0 spiro atoms. The molecule has 0 aromatic heterocycles. The number of primary amides is 1. The topological polar surface area (TPSA) is 92.9 Å². The molecule has 21 heavy (non-hydrogen) atoms. The Morgan fingerprint density at radius 3 is 2.33 bits per heavy atom. The number of rotatable bonds is 5. The van der Waals surface area contributed by atoms with Crippen LogP contribution in [0.3, 0.4) is 0 Å². The van der Waals surface area contributed by atoms with Gasteiger partial charge in [0.05, 0.1) is 0 Å². The lowest BCUT2D eigenvalue weighted by molar-refractivity contribution is -0.135. The zero-order valence-corrected chi connectivity index (χ0v) is 12.6. The van der Waals surface area contributed by atoms with Gasteiger partial charge in [-0.15, -0.1) is 0 Å². The third-order valence-corrected chi connectivity index (χ3v) is 2.66. The molecule has 0 fully saturated rings. The van der Waals surface area contributed by atoms with Gasteiger partial charge in [0, 0.05) is 6.54 Å². The molecule has 116 valence electrons. The van der Waals surface area contributed by atoms with Crippen molar-refractivity contribution < 1.29 is 19.4 Å². The van der Waals surface area contributed by atoms with E-state index in [-0.39, 0.29) is 6.54 Å². The summed E-state index contributed by atoms with van der Waals surface area (Å²) in [5.74, 6) is -0.992. The molecular weight excluding hydrogens is 272 g/mol. The van der Waals surface area contributed by atoms with Crippen molar-refractivity contribution in [2.45, 2.75) is 39.0 Å². The third-order valence-electron chi connectivity index (χ3n) is 2.66. The van der Waals surface area contributed by atoms with Crippen LogP contribution >= 0.6 is 0 Å². The predicted molar refractivity (Wildman–Crippen MR) is 78.3 cm³/mol. The van der Waals surface area contributed by atoms with Crippen LogP contribution in [0.1, 0.15) is 26.3 Å². The smallest absolute Gasteiger partial charge is 0.412 e. The summed E-state index contributed by atoms with van der Waals surface area (Å²) >= 11 is 0. The summed E-state index contributed by atoms with van der Waals surface area (Å²) < 4.78 is 5.18. The maximum atomic E-state index is 12.1. The fourth-order valence-corrected chi connectivity index (χ4v) is 1.68. The number of carbonyl (C=O) groups is 2. The number of aliphatic hydroxyl groups excluding tert-OH is 1. The van der Waals surface area contributed by atoms with Gasteiger partial charge in [0.15, 0.2) is 0 Å². The van der Waals surface area contributed by atoms with Crippen molar-refractivity contribution in [3.63, 3.8) is 0 Å². The lowest BCUT2D eigenvalue weighted by Gasteiger charge is -2.29. The first-order chi connectivity index (χ1) is 9.70. The first-order valence-electron chi connectivity index (χ1n) is 6.71. The number of hydrogen-bond acceptors (Lipinski definition) is 4. The number of ether oxygens (including phenoxy) is 1. The van der Waals surface area contributed by atoms with Gasteiger partial charge in [0.1, 0.15) is 5.60 Å². The largest absolute Gasteiger partial charge is 0.444 e. The number of nitrogens with zero attached hydrogens (tertiary/aromatic N) is 1. The van der Waals surface area contributed by atoms with E-state index in [2.05, 4.69) is 0 Å². The van der Waals surface area contributed by atoms with E-state index in [0.717, 1.165) is 10.5 Å². The third kappa shape index (κ3) is 5.83. The number of carbonyl (C=O) groups excluding carboxylic acids is 2. The molecule has 0 saturated heterocycles. The van der Waals surface area contributed by atoms with Crippen LogP contribution in [0.4, 0.5) is 4.79 Å². The Morgan fingerprint density at radius 2 is 1.86 bits per heavy atom. The van der Waals surface area contributed by atoms with Crippen molar-refractivity contribution in [3.05, 3.63) is 35.9 Å². The molecule has 1 aromatic rings. The van der Waals surface area contributed by atoms with Crippen molar-refractivity contribution in [1.82, 2.24) is 4.90 Å². The Balaban J connectivity index is 2.78. The van der Waals surface area contributed by atoms with Gasteiger partial charge in [-0.3, -0.25) is 9.69 Å². The van der Waals surface area contributed by atoms with Crippen LogP contribution in [0.5, 0.6) is 0 Å². The molecule has 2 amide bonds. The molecule has 3 N–H and O–H groups in total. The van der Waals surface area contributed by atoms with Gasteiger partial charge >= 0.3 is 6.09 Å².